The van der Waals surface area contributed by atoms with Gasteiger partial charge in [0.2, 0.25) is 5.91 Å². The highest BCUT2D eigenvalue weighted by Gasteiger charge is 2.48. The average molecular weight is 449 g/mol. The van der Waals surface area contributed by atoms with Crippen molar-refractivity contribution in [2.45, 2.75) is 50.4 Å². The number of rotatable bonds is 6. The van der Waals surface area contributed by atoms with E-state index in [1.165, 1.54) is 42.5 Å². The number of nitro groups is 1. The Balaban J connectivity index is 2.15. The van der Waals surface area contributed by atoms with E-state index >= 15 is 0 Å². The van der Waals surface area contributed by atoms with E-state index in [1.54, 1.807) is 6.07 Å². The molecule has 0 bridgehead atoms. The van der Waals surface area contributed by atoms with E-state index in [4.69, 9.17) is 0 Å². The van der Waals surface area contributed by atoms with Crippen LogP contribution >= 0.6 is 0 Å². The molecule has 0 radical (unpaired) electrons. The van der Waals surface area contributed by atoms with Crippen molar-refractivity contribution in [3.63, 3.8) is 0 Å². The second-order valence-corrected chi connectivity index (χ2v) is 7.57. The molecule has 1 aliphatic rings. The Morgan fingerprint density at radius 2 is 1.59 bits per heavy atom. The molecular weight excluding hydrogens is 427 g/mol. The van der Waals surface area contributed by atoms with Crippen LogP contribution in [0.15, 0.2) is 54.6 Å². The van der Waals surface area contributed by atoms with Crippen LogP contribution in [0.5, 0.6) is 0 Å². The molecule has 1 unspecified atom stereocenters. The van der Waals surface area contributed by atoms with Gasteiger partial charge in [-0.3, -0.25) is 24.6 Å². The minimum absolute atomic E-state index is 0.197. The molecule has 2 aromatic rings. The molecule has 0 saturated heterocycles. The van der Waals surface area contributed by atoms with Gasteiger partial charge in [-0.1, -0.05) is 49.6 Å². The molecule has 1 saturated carbocycles. The first-order chi connectivity index (χ1) is 15.2. The molecule has 3 rings (SSSR count). The molecule has 2 amide bonds. The van der Waals surface area contributed by atoms with Gasteiger partial charge in [0.15, 0.2) is 0 Å². The van der Waals surface area contributed by atoms with Crippen molar-refractivity contribution in [3.05, 3.63) is 70.3 Å². The minimum Gasteiger partial charge on any atom is -0.351 e. The van der Waals surface area contributed by atoms with E-state index < -0.39 is 34.6 Å². The summed E-state index contributed by atoms with van der Waals surface area (Å²) < 4.78 is 40.8. The Morgan fingerprint density at radius 3 is 2.19 bits per heavy atom. The van der Waals surface area contributed by atoms with E-state index in [0.29, 0.717) is 17.7 Å². The summed E-state index contributed by atoms with van der Waals surface area (Å²) in [4.78, 5) is 37.0. The third kappa shape index (κ3) is 5.24. The maximum absolute atomic E-state index is 13.6. The van der Waals surface area contributed by atoms with Crippen molar-refractivity contribution in [2.75, 3.05) is 4.90 Å². The number of para-hydroxylation sites is 2. The lowest BCUT2D eigenvalue weighted by Crippen LogP contribution is -2.50. The average Bonchev–Trinajstić information content (AvgIpc) is 2.77. The maximum atomic E-state index is 13.6. The number of nitro benzene ring substituents is 1. The first-order valence-electron chi connectivity index (χ1n) is 10.2. The van der Waals surface area contributed by atoms with Gasteiger partial charge in [0.25, 0.3) is 5.69 Å². The number of anilines is 1. The largest absolute Gasteiger partial charge is 0.471 e. The molecule has 0 aliphatic heterocycles. The smallest absolute Gasteiger partial charge is 0.351 e. The highest BCUT2D eigenvalue weighted by molar-refractivity contribution is 6.04. The Hall–Kier alpha value is -3.43. The van der Waals surface area contributed by atoms with E-state index in [-0.39, 0.29) is 17.3 Å². The lowest BCUT2D eigenvalue weighted by molar-refractivity contribution is -0.385. The van der Waals surface area contributed by atoms with Crippen molar-refractivity contribution >= 4 is 23.2 Å². The molecule has 0 spiro atoms. The zero-order valence-electron chi connectivity index (χ0n) is 17.0. The molecule has 1 fully saturated rings. The number of halogens is 3. The molecule has 7 nitrogen and oxygen atoms in total. The second kappa shape index (κ2) is 9.80. The SMILES string of the molecule is O=C(NC1CCCCC1)C(c1ccccc1[N+](=O)[O-])N(C(=O)C(F)(F)F)c1ccccc1. The summed E-state index contributed by atoms with van der Waals surface area (Å²) in [5.74, 6) is -3.18. The molecule has 2 aromatic carbocycles. The van der Waals surface area contributed by atoms with Gasteiger partial charge in [0, 0.05) is 17.8 Å². The fourth-order valence-electron chi connectivity index (χ4n) is 3.92. The summed E-state index contributed by atoms with van der Waals surface area (Å²) in [7, 11) is 0. The Labute approximate surface area is 182 Å². The summed E-state index contributed by atoms with van der Waals surface area (Å²) in [6.07, 6.45) is -1.32. The van der Waals surface area contributed by atoms with Crippen LogP contribution in [-0.4, -0.2) is 29.0 Å². The normalized spacial score (nSPS) is 15.6. The Bertz CT molecular complexity index is 976. The first-order valence-corrected chi connectivity index (χ1v) is 10.2. The molecular formula is C22H22F3N3O4. The predicted octanol–water partition coefficient (Wildman–Crippen LogP) is 4.68. The maximum Gasteiger partial charge on any atom is 0.471 e. The van der Waals surface area contributed by atoms with E-state index in [9.17, 15) is 32.9 Å². The number of alkyl halides is 3. The molecule has 10 heteroatoms. The highest BCUT2D eigenvalue weighted by atomic mass is 19.4. The van der Waals surface area contributed by atoms with Crippen molar-refractivity contribution in [2.24, 2.45) is 0 Å². The van der Waals surface area contributed by atoms with Crippen LogP contribution in [0.2, 0.25) is 0 Å². The predicted molar refractivity (Wildman–Crippen MR) is 111 cm³/mol. The Morgan fingerprint density at radius 1 is 1.00 bits per heavy atom. The van der Waals surface area contributed by atoms with Crippen LogP contribution in [-0.2, 0) is 9.59 Å². The van der Waals surface area contributed by atoms with Crippen molar-refractivity contribution in [1.29, 1.82) is 0 Å². The molecule has 1 aliphatic carbocycles. The van der Waals surface area contributed by atoms with Crippen LogP contribution in [0.1, 0.15) is 43.7 Å². The van der Waals surface area contributed by atoms with Crippen molar-refractivity contribution < 1.29 is 27.7 Å². The highest BCUT2D eigenvalue weighted by Crippen LogP contribution is 2.36. The first kappa shape index (κ1) is 23.2. The fraction of sp³-hybridized carbons (Fsp3) is 0.364. The fourth-order valence-corrected chi connectivity index (χ4v) is 3.92. The Kier molecular flexibility index (Phi) is 7.12. The van der Waals surface area contributed by atoms with Gasteiger partial charge in [-0.15, -0.1) is 0 Å². The topological polar surface area (TPSA) is 92.5 Å². The van der Waals surface area contributed by atoms with Crippen LogP contribution in [0.25, 0.3) is 0 Å². The minimum atomic E-state index is -5.30. The van der Waals surface area contributed by atoms with E-state index in [0.717, 1.165) is 25.3 Å². The molecule has 0 heterocycles. The molecule has 1 atom stereocenters. The lowest BCUT2D eigenvalue weighted by Gasteiger charge is -2.33. The van der Waals surface area contributed by atoms with E-state index in [1.807, 2.05) is 0 Å². The molecule has 32 heavy (non-hydrogen) atoms. The molecule has 1 N–H and O–H groups in total. The monoisotopic (exact) mass is 449 g/mol. The van der Waals surface area contributed by atoms with Gasteiger partial charge < -0.3 is 5.32 Å². The van der Waals surface area contributed by atoms with E-state index in [2.05, 4.69) is 5.32 Å². The van der Waals surface area contributed by atoms with Crippen LogP contribution in [0, 0.1) is 10.1 Å². The number of nitrogens with one attached hydrogen (secondary N) is 1. The van der Waals surface area contributed by atoms with Crippen molar-refractivity contribution in [1.82, 2.24) is 5.32 Å². The molecule has 0 aromatic heterocycles. The zero-order chi connectivity index (χ0) is 23.3. The van der Waals surface area contributed by atoms with Gasteiger partial charge in [0.05, 0.1) is 10.5 Å². The number of hydrogen-bond donors (Lipinski definition) is 1. The quantitative estimate of drug-likeness (QED) is 0.512. The number of carbonyl (C=O) groups excluding carboxylic acids is 2. The summed E-state index contributed by atoms with van der Waals surface area (Å²) in [6.45, 7) is 0. The number of amides is 2. The number of benzene rings is 2. The lowest BCUT2D eigenvalue weighted by atomic mass is 9.94. The second-order valence-electron chi connectivity index (χ2n) is 7.57. The molecule has 170 valence electrons. The van der Waals surface area contributed by atoms with Crippen molar-refractivity contribution in [3.8, 4) is 0 Å². The number of nitrogens with zero attached hydrogens (tertiary/aromatic N) is 2. The standard InChI is InChI=1S/C22H22F3N3O4/c23-22(24,25)21(30)27(16-11-5-2-6-12-16)19(17-13-7-8-14-18(17)28(31)32)20(29)26-15-9-3-1-4-10-15/h2,5-8,11-15,19H,1,3-4,9-10H2,(H,26,29). The number of hydrogen-bond acceptors (Lipinski definition) is 4. The zero-order valence-corrected chi connectivity index (χ0v) is 17.0. The number of carbonyl (C=O) groups is 2. The summed E-state index contributed by atoms with van der Waals surface area (Å²) in [5, 5.41) is 14.3. The summed E-state index contributed by atoms with van der Waals surface area (Å²) >= 11 is 0. The van der Waals surface area contributed by atoms with Crippen LogP contribution in [0.4, 0.5) is 24.5 Å². The van der Waals surface area contributed by atoms with Crippen LogP contribution in [0.3, 0.4) is 0 Å². The van der Waals surface area contributed by atoms with Gasteiger partial charge in [0.1, 0.15) is 6.04 Å². The van der Waals surface area contributed by atoms with Crippen LogP contribution < -0.4 is 10.2 Å². The van der Waals surface area contributed by atoms with Gasteiger partial charge in [-0.2, -0.15) is 13.2 Å². The third-order valence-corrected chi connectivity index (χ3v) is 5.38. The van der Waals surface area contributed by atoms with Gasteiger partial charge in [-0.05, 0) is 31.0 Å². The third-order valence-electron chi connectivity index (χ3n) is 5.38. The summed E-state index contributed by atoms with van der Waals surface area (Å²) in [5.41, 5.74) is -1.05. The van der Waals surface area contributed by atoms with Gasteiger partial charge >= 0.3 is 12.1 Å². The van der Waals surface area contributed by atoms with Gasteiger partial charge in [-0.25, -0.2) is 0 Å². The summed E-state index contributed by atoms with van der Waals surface area (Å²) in [6, 6.07) is 9.74.